The highest BCUT2D eigenvalue weighted by molar-refractivity contribution is 7.12. The van der Waals surface area contributed by atoms with Crippen LogP contribution >= 0.6 is 0 Å². The number of para-hydroxylation sites is 1. The molecule has 0 saturated heterocycles. The maximum absolute atomic E-state index is 3.78. The van der Waals surface area contributed by atoms with E-state index in [-0.39, 0.29) is 0 Å². The molecule has 0 saturated carbocycles. The number of hydrogen-bond acceptors (Lipinski definition) is 0. The minimum absolute atomic E-state index is 1.13. The summed E-state index contributed by atoms with van der Waals surface area (Å²) in [6.45, 7) is 0. The van der Waals surface area contributed by atoms with Crippen LogP contribution in [0.5, 0.6) is 5.75 Å². The summed E-state index contributed by atoms with van der Waals surface area (Å²) in [4.78, 5) is 0. The van der Waals surface area contributed by atoms with E-state index in [9.17, 15) is 0 Å². The Kier molecular flexibility index (Phi) is 8.42. The molecule has 1 heterocycles. The van der Waals surface area contributed by atoms with E-state index in [0.717, 1.165) is 5.75 Å². The molecule has 0 bridgehead atoms. The van der Waals surface area contributed by atoms with Crippen LogP contribution in [-0.2, 0) is 4.28 Å². The summed E-state index contributed by atoms with van der Waals surface area (Å²) in [5.41, 5.74) is 15.8. The first-order valence-electron chi connectivity index (χ1n) is 18.4. The van der Waals surface area contributed by atoms with Crippen molar-refractivity contribution in [2.45, 2.75) is 0 Å². The number of fused-ring (bicyclic) bond motifs is 1. The van der Waals surface area contributed by atoms with E-state index in [1.807, 2.05) is 0 Å². The Morgan fingerprint density at radius 2 is 0.623 bits per heavy atom. The largest absolute Gasteiger partial charge is 0.810 e. The molecule has 1 aliphatic heterocycles. The zero-order valence-electron chi connectivity index (χ0n) is 29.8. The standard InChI is InChI=1S/C51H39BO/c1-53-49-25-15-14-24-48(49)50(44-22-12-5-13-23-44)51(45-28-26-41(27-29-45)38-16-6-2-7-17-38)52(53,46-34-30-42(31-35-46)39-18-8-3-9-19-39)47-36-32-43(33-37-47)40-20-10-4-11-21-40/h2-37H,1H3. The van der Waals surface area contributed by atoms with Crippen LogP contribution in [0.25, 0.3) is 44.4 Å². The third kappa shape index (κ3) is 5.70. The van der Waals surface area contributed by atoms with Gasteiger partial charge in [0.25, 0.3) is 0 Å². The Labute approximate surface area is 312 Å². The zero-order valence-corrected chi connectivity index (χ0v) is 29.8. The molecule has 9 rings (SSSR count). The lowest BCUT2D eigenvalue weighted by molar-refractivity contribution is 0.173. The Hall–Kier alpha value is -6.64. The maximum atomic E-state index is 3.78. The first kappa shape index (κ1) is 32.3. The van der Waals surface area contributed by atoms with Crippen LogP contribution in [0.3, 0.4) is 0 Å². The summed E-state index contributed by atoms with van der Waals surface area (Å²) in [5, 5.41) is 0. The summed E-state index contributed by atoms with van der Waals surface area (Å²) in [6.07, 6.45) is -1.83. The van der Waals surface area contributed by atoms with Crippen molar-refractivity contribution in [2.24, 2.45) is 0 Å². The minimum atomic E-state index is -1.83. The van der Waals surface area contributed by atoms with Gasteiger partial charge in [0, 0.05) is 6.07 Å². The van der Waals surface area contributed by atoms with Crippen molar-refractivity contribution >= 4 is 28.3 Å². The number of hydrogen-bond donors (Lipinski definition) is 0. The molecule has 0 spiro atoms. The Morgan fingerprint density at radius 1 is 0.302 bits per heavy atom. The predicted molar refractivity (Wildman–Crippen MR) is 226 cm³/mol. The molecule has 252 valence electrons. The molecule has 0 aromatic heterocycles. The van der Waals surface area contributed by atoms with Gasteiger partial charge in [-0.2, -0.15) is 0 Å². The SMILES string of the molecule is C[O+]1c2ccccc2C(c2ccccc2)=C(c2ccc(-c3ccccc3)cc2)[B-]1(c1ccc(-c2ccccc2)cc1)c1ccc(-c2ccccc2)cc1. The van der Waals surface area contributed by atoms with Gasteiger partial charge in [0.1, 0.15) is 7.11 Å². The van der Waals surface area contributed by atoms with Crippen LogP contribution in [-0.4, -0.2) is 13.5 Å². The summed E-state index contributed by atoms with van der Waals surface area (Å²) in [7, 11) is 2.22. The van der Waals surface area contributed by atoms with E-state index >= 15 is 0 Å². The van der Waals surface area contributed by atoms with Crippen LogP contribution in [0.15, 0.2) is 218 Å². The fourth-order valence-electron chi connectivity index (χ4n) is 8.53. The molecular weight excluding hydrogens is 639 g/mol. The third-order valence-electron chi connectivity index (χ3n) is 11.0. The molecule has 0 atom stereocenters. The maximum Gasteiger partial charge on any atom is 0.415 e. The zero-order chi connectivity index (χ0) is 35.6. The fourth-order valence-corrected chi connectivity index (χ4v) is 8.53. The van der Waals surface area contributed by atoms with Gasteiger partial charge in [-0.05, 0) is 50.6 Å². The Bertz CT molecular complexity index is 2420. The molecule has 0 amide bonds. The van der Waals surface area contributed by atoms with Crippen LogP contribution < -0.4 is 10.9 Å². The molecule has 0 radical (unpaired) electrons. The second-order valence-corrected chi connectivity index (χ2v) is 13.9. The lowest BCUT2D eigenvalue weighted by atomic mass is 9.25. The van der Waals surface area contributed by atoms with Crippen molar-refractivity contribution in [1.29, 1.82) is 0 Å². The van der Waals surface area contributed by atoms with Gasteiger partial charge in [0.05, 0.1) is 5.56 Å². The Morgan fingerprint density at radius 3 is 1.06 bits per heavy atom. The summed E-state index contributed by atoms with van der Waals surface area (Å²) in [5.74, 6) is 1.13. The van der Waals surface area contributed by atoms with Gasteiger partial charge in [-0.3, -0.25) is 0 Å². The average Bonchev–Trinajstić information content (AvgIpc) is 3.25. The van der Waals surface area contributed by atoms with Gasteiger partial charge >= 0.3 is 6.35 Å². The smallest absolute Gasteiger partial charge is 0.415 e. The summed E-state index contributed by atoms with van der Waals surface area (Å²) < 4.78 is 3.78. The van der Waals surface area contributed by atoms with E-state index in [0.29, 0.717) is 0 Å². The highest BCUT2D eigenvalue weighted by Gasteiger charge is 2.51. The van der Waals surface area contributed by atoms with E-state index in [2.05, 4.69) is 230 Å². The summed E-state index contributed by atoms with van der Waals surface area (Å²) >= 11 is 0. The molecule has 8 aromatic rings. The molecule has 8 aromatic carbocycles. The average molecular weight is 679 g/mol. The normalized spacial score (nSPS) is 13.4. The van der Waals surface area contributed by atoms with E-state index in [1.165, 1.54) is 72.0 Å². The van der Waals surface area contributed by atoms with Crippen molar-refractivity contribution in [3.05, 3.63) is 235 Å². The molecule has 0 fully saturated rings. The molecular formula is C51H39BO. The highest BCUT2D eigenvalue weighted by atomic mass is 16.6. The van der Waals surface area contributed by atoms with Crippen LogP contribution in [0.4, 0.5) is 0 Å². The summed E-state index contributed by atoms with van der Waals surface area (Å²) in [6, 6.07) is 79.6. The van der Waals surface area contributed by atoms with Crippen LogP contribution in [0.2, 0.25) is 0 Å². The molecule has 0 N–H and O–H groups in total. The molecule has 1 nitrogen and oxygen atoms in total. The number of rotatable bonds is 7. The van der Waals surface area contributed by atoms with E-state index < -0.39 is 6.35 Å². The van der Waals surface area contributed by atoms with Crippen LogP contribution in [0.1, 0.15) is 16.7 Å². The third-order valence-corrected chi connectivity index (χ3v) is 11.0. The van der Waals surface area contributed by atoms with Crippen molar-refractivity contribution in [1.82, 2.24) is 0 Å². The molecule has 1 aliphatic rings. The van der Waals surface area contributed by atoms with Crippen molar-refractivity contribution in [3.8, 4) is 39.1 Å². The first-order valence-corrected chi connectivity index (χ1v) is 18.4. The van der Waals surface area contributed by atoms with Crippen LogP contribution in [0, 0.1) is 0 Å². The topological polar surface area (TPSA) is 2.70 Å². The first-order chi connectivity index (χ1) is 26.2. The van der Waals surface area contributed by atoms with Gasteiger partial charge < -0.3 is 4.28 Å². The fraction of sp³-hybridized carbons (Fsp3) is 0.0196. The van der Waals surface area contributed by atoms with Gasteiger partial charge in [-0.1, -0.05) is 217 Å². The second kappa shape index (κ2) is 13.8. The van der Waals surface area contributed by atoms with Crippen molar-refractivity contribution < 1.29 is 4.28 Å². The van der Waals surface area contributed by atoms with Gasteiger partial charge in [-0.15, -0.1) is 10.9 Å². The van der Waals surface area contributed by atoms with E-state index in [1.54, 1.807) is 0 Å². The van der Waals surface area contributed by atoms with E-state index in [4.69, 9.17) is 0 Å². The predicted octanol–water partition coefficient (Wildman–Crippen LogP) is 11.9. The molecule has 0 aliphatic carbocycles. The van der Waals surface area contributed by atoms with Crippen molar-refractivity contribution in [3.63, 3.8) is 0 Å². The lowest BCUT2D eigenvalue weighted by Crippen LogP contribution is -2.66. The quantitative estimate of drug-likeness (QED) is 0.117. The minimum Gasteiger partial charge on any atom is -0.810 e. The number of benzene rings is 8. The lowest BCUT2D eigenvalue weighted by Gasteiger charge is -2.55. The highest BCUT2D eigenvalue weighted by Crippen LogP contribution is 2.52. The van der Waals surface area contributed by atoms with Gasteiger partial charge in [0.15, 0.2) is 0 Å². The second-order valence-electron chi connectivity index (χ2n) is 13.9. The Balaban J connectivity index is 1.37. The van der Waals surface area contributed by atoms with Gasteiger partial charge in [-0.25, -0.2) is 0 Å². The molecule has 2 heteroatoms. The van der Waals surface area contributed by atoms with Crippen molar-refractivity contribution in [2.75, 3.05) is 7.11 Å². The molecule has 53 heavy (non-hydrogen) atoms. The van der Waals surface area contributed by atoms with Gasteiger partial charge in [0.2, 0.25) is 5.75 Å². The molecule has 0 unspecified atom stereocenters. The monoisotopic (exact) mass is 678 g/mol.